The van der Waals surface area contributed by atoms with Crippen LogP contribution in [0.3, 0.4) is 0 Å². The summed E-state index contributed by atoms with van der Waals surface area (Å²) < 4.78 is 1.52. The van der Waals surface area contributed by atoms with Crippen molar-refractivity contribution in [2.75, 3.05) is 0 Å². The summed E-state index contributed by atoms with van der Waals surface area (Å²) in [5.74, 6) is 0. The molecule has 0 unspecified atom stereocenters. The first-order valence-corrected chi connectivity index (χ1v) is 5.01. The predicted molar refractivity (Wildman–Crippen MR) is 36.5 cm³/mol. The molecule has 8 heavy (non-hydrogen) atoms. The van der Waals surface area contributed by atoms with E-state index < -0.39 is 0 Å². The van der Waals surface area contributed by atoms with Crippen LogP contribution in [-0.2, 0) is 26.1 Å². The second-order valence-corrected chi connectivity index (χ2v) is 4.66. The summed E-state index contributed by atoms with van der Waals surface area (Å²) in [5.41, 5.74) is 0. The van der Waals surface area contributed by atoms with Gasteiger partial charge in [-0.3, -0.25) is 0 Å². The van der Waals surface area contributed by atoms with Gasteiger partial charge in [-0.15, -0.1) is 0 Å². The van der Waals surface area contributed by atoms with E-state index in [0.717, 1.165) is 26.1 Å². The Morgan fingerprint density at radius 3 is 1.75 bits per heavy atom. The Balaban J connectivity index is 0.000000490. The van der Waals surface area contributed by atoms with E-state index in [-0.39, 0.29) is 13.5 Å². The first-order valence-electron chi connectivity index (χ1n) is 2.26. The molecule has 0 aliphatic rings. The third kappa shape index (κ3) is 2.73. The Kier molecular flexibility index (Phi) is 4.67. The van der Waals surface area contributed by atoms with Crippen molar-refractivity contribution in [3.63, 3.8) is 0 Å². The van der Waals surface area contributed by atoms with Crippen LogP contribution in [0.2, 0.25) is 0 Å². The zero-order valence-electron chi connectivity index (χ0n) is 4.59. The van der Waals surface area contributed by atoms with Gasteiger partial charge in [-0.05, 0) is 0 Å². The summed E-state index contributed by atoms with van der Waals surface area (Å²) in [6.45, 7) is 0. The second-order valence-electron chi connectivity index (χ2n) is 1.49. The van der Waals surface area contributed by atoms with Gasteiger partial charge in [0.2, 0.25) is 0 Å². The molecule has 0 aliphatic carbocycles. The van der Waals surface area contributed by atoms with Crippen LogP contribution in [0.25, 0.3) is 0 Å². The van der Waals surface area contributed by atoms with Crippen molar-refractivity contribution in [1.82, 2.24) is 0 Å². The maximum absolute atomic E-state index is 2.17. The predicted octanol–water partition coefficient (Wildman–Crippen LogP) is 0.972. The van der Waals surface area contributed by atoms with Gasteiger partial charge in [-0.2, -0.15) is 13.5 Å². The Bertz CT molecular complexity index is 138. The van der Waals surface area contributed by atoms with Gasteiger partial charge < -0.3 is 0 Å². The molecular formula is C6H7HgS. The average Bonchev–Trinajstić information content (AvgIpc) is 1.69. The summed E-state index contributed by atoms with van der Waals surface area (Å²) in [7, 11) is 0. The topological polar surface area (TPSA) is 0 Å². The SMILES string of the molecule is S.[Hg][c]1ccccc1. The molecule has 0 aromatic heterocycles. The summed E-state index contributed by atoms with van der Waals surface area (Å²) >= 11 is 0.810. The number of benzene rings is 1. The molecule has 0 bridgehead atoms. The van der Waals surface area contributed by atoms with Gasteiger partial charge in [0.05, 0.1) is 0 Å². The van der Waals surface area contributed by atoms with Gasteiger partial charge >= 0.3 is 59.5 Å². The molecule has 0 amide bonds. The van der Waals surface area contributed by atoms with E-state index in [9.17, 15) is 0 Å². The van der Waals surface area contributed by atoms with E-state index in [4.69, 9.17) is 0 Å². The molecule has 0 heterocycles. The fourth-order valence-electron chi connectivity index (χ4n) is 0.478. The van der Waals surface area contributed by atoms with E-state index in [1.165, 1.54) is 3.07 Å². The van der Waals surface area contributed by atoms with Crippen LogP contribution in [0.1, 0.15) is 0 Å². The fraction of sp³-hybridized carbons (Fsp3) is 0. The van der Waals surface area contributed by atoms with Crippen LogP contribution in [-0.4, -0.2) is 0 Å². The first kappa shape index (κ1) is 8.51. The quantitative estimate of drug-likeness (QED) is 0.627. The van der Waals surface area contributed by atoms with E-state index in [1.807, 2.05) is 0 Å². The van der Waals surface area contributed by atoms with Crippen molar-refractivity contribution in [2.24, 2.45) is 0 Å². The zero-order chi connectivity index (χ0) is 5.11. The van der Waals surface area contributed by atoms with Crippen molar-refractivity contribution < 1.29 is 26.1 Å². The summed E-state index contributed by atoms with van der Waals surface area (Å²) in [4.78, 5) is 0. The van der Waals surface area contributed by atoms with Crippen LogP contribution in [0.5, 0.6) is 0 Å². The van der Waals surface area contributed by atoms with Crippen molar-refractivity contribution in [2.45, 2.75) is 0 Å². The molecular weight excluding hydrogens is 305 g/mol. The van der Waals surface area contributed by atoms with E-state index in [1.54, 1.807) is 0 Å². The molecule has 0 N–H and O–H groups in total. The molecule has 2 heteroatoms. The molecule has 0 nitrogen and oxygen atoms in total. The molecule has 39 valence electrons. The Labute approximate surface area is 72.7 Å². The Morgan fingerprint density at radius 1 is 1.00 bits per heavy atom. The van der Waals surface area contributed by atoms with Crippen LogP contribution in [0.4, 0.5) is 0 Å². The van der Waals surface area contributed by atoms with Crippen LogP contribution in [0.15, 0.2) is 30.3 Å². The van der Waals surface area contributed by atoms with Gasteiger partial charge in [-0.1, -0.05) is 0 Å². The number of hydrogen-bond donors (Lipinski definition) is 0. The minimum absolute atomic E-state index is 0. The monoisotopic (exact) mass is 313 g/mol. The normalized spacial score (nSPS) is 7.75. The fourth-order valence-corrected chi connectivity index (χ4v) is 1.54. The first-order chi connectivity index (χ1) is 3.39. The third-order valence-corrected chi connectivity index (χ3v) is 2.68. The second kappa shape index (κ2) is 4.39. The molecule has 0 saturated heterocycles. The maximum atomic E-state index is 2.17. The zero-order valence-corrected chi connectivity index (χ0v) is 11.1. The third-order valence-electron chi connectivity index (χ3n) is 0.843. The van der Waals surface area contributed by atoms with Gasteiger partial charge in [0.15, 0.2) is 0 Å². The molecule has 0 aliphatic heterocycles. The van der Waals surface area contributed by atoms with Crippen molar-refractivity contribution in [1.29, 1.82) is 0 Å². The molecule has 1 rings (SSSR count). The molecule has 1 aromatic rings. The molecule has 0 saturated carbocycles. The standard InChI is InChI=1S/C6H5.Hg.H2S/c1-2-4-6-5-3-1;;/h1-5H;;1H2. The average molecular weight is 312 g/mol. The van der Waals surface area contributed by atoms with E-state index in [2.05, 4.69) is 30.3 Å². The van der Waals surface area contributed by atoms with Crippen LogP contribution >= 0.6 is 13.5 Å². The molecule has 1 aromatic carbocycles. The van der Waals surface area contributed by atoms with Gasteiger partial charge in [-0.25, -0.2) is 0 Å². The molecule has 0 atom stereocenters. The van der Waals surface area contributed by atoms with Crippen molar-refractivity contribution in [3.05, 3.63) is 30.3 Å². The summed E-state index contributed by atoms with van der Waals surface area (Å²) in [6.07, 6.45) is 0. The van der Waals surface area contributed by atoms with Gasteiger partial charge in [0, 0.05) is 0 Å². The van der Waals surface area contributed by atoms with E-state index in [0.29, 0.717) is 0 Å². The molecule has 0 radical (unpaired) electrons. The van der Waals surface area contributed by atoms with Crippen LogP contribution in [0, 0.1) is 0 Å². The minimum atomic E-state index is 0. The number of rotatable bonds is 0. The number of hydrogen-bond acceptors (Lipinski definition) is 0. The van der Waals surface area contributed by atoms with Crippen molar-refractivity contribution in [3.8, 4) is 0 Å². The van der Waals surface area contributed by atoms with Crippen LogP contribution < -0.4 is 3.07 Å². The van der Waals surface area contributed by atoms with Gasteiger partial charge in [0.1, 0.15) is 0 Å². The molecule has 0 spiro atoms. The summed E-state index contributed by atoms with van der Waals surface area (Å²) in [6, 6.07) is 10.6. The summed E-state index contributed by atoms with van der Waals surface area (Å²) in [5, 5.41) is 0. The van der Waals surface area contributed by atoms with Gasteiger partial charge in [0.25, 0.3) is 0 Å². The Hall–Kier alpha value is 0.505. The van der Waals surface area contributed by atoms with Crippen molar-refractivity contribution >= 4 is 16.6 Å². The Morgan fingerprint density at radius 2 is 1.50 bits per heavy atom. The van der Waals surface area contributed by atoms with E-state index >= 15 is 0 Å². The molecule has 0 fully saturated rings.